The first-order chi connectivity index (χ1) is 5.18. The zero-order chi connectivity index (χ0) is 8.27. The second-order valence-corrected chi connectivity index (χ2v) is 3.08. The molecule has 0 aromatic heterocycles. The Bertz CT molecular complexity index is 189. The molecular formula is C6H12N4S. The molecule has 0 aromatic carbocycles. The second-order valence-electron chi connectivity index (χ2n) is 2.64. The van der Waals surface area contributed by atoms with E-state index in [1.54, 1.807) is 0 Å². The number of rotatable bonds is 1. The average Bonchev–Trinajstić information content (AvgIpc) is 2.31. The van der Waals surface area contributed by atoms with Crippen LogP contribution in [-0.4, -0.2) is 35.9 Å². The molecule has 1 fully saturated rings. The molecule has 0 unspecified atom stereocenters. The maximum absolute atomic E-state index is 5.20. The summed E-state index contributed by atoms with van der Waals surface area (Å²) >= 11 is 4.61. The Hall–Kier alpha value is -0.680. The molecule has 11 heavy (non-hydrogen) atoms. The molecular weight excluding hydrogens is 160 g/mol. The van der Waals surface area contributed by atoms with Crippen LogP contribution in [-0.2, 0) is 0 Å². The first kappa shape index (κ1) is 8.42. The number of thiocarbonyl (C=S) groups is 1. The van der Waals surface area contributed by atoms with Gasteiger partial charge in [-0.05, 0) is 19.3 Å². The lowest BCUT2D eigenvalue weighted by atomic mass is 10.3. The van der Waals surface area contributed by atoms with Gasteiger partial charge in [0.05, 0.1) is 5.71 Å². The van der Waals surface area contributed by atoms with E-state index in [-0.39, 0.29) is 5.11 Å². The summed E-state index contributed by atoms with van der Waals surface area (Å²) in [5, 5.41) is 4.26. The maximum atomic E-state index is 5.20. The van der Waals surface area contributed by atoms with E-state index < -0.39 is 0 Å². The highest BCUT2D eigenvalue weighted by atomic mass is 32.1. The zero-order valence-electron chi connectivity index (χ0n) is 6.50. The normalized spacial score (nSPS) is 22.5. The molecule has 0 bridgehead atoms. The van der Waals surface area contributed by atoms with Gasteiger partial charge in [0.25, 0.3) is 0 Å². The van der Waals surface area contributed by atoms with Crippen LogP contribution in [0.25, 0.3) is 0 Å². The molecule has 0 aromatic rings. The molecule has 1 saturated heterocycles. The summed E-state index contributed by atoms with van der Waals surface area (Å²) in [5.41, 5.74) is 8.89. The number of likely N-dealkylation sites (tertiary alicyclic amines) is 1. The Morgan fingerprint density at radius 3 is 3.00 bits per heavy atom. The molecule has 0 radical (unpaired) electrons. The zero-order valence-corrected chi connectivity index (χ0v) is 7.32. The highest BCUT2D eigenvalue weighted by Crippen LogP contribution is 2.01. The van der Waals surface area contributed by atoms with Gasteiger partial charge in [0.1, 0.15) is 0 Å². The fourth-order valence-corrected chi connectivity index (χ4v) is 1.06. The standard InChI is InChI=1S/C6H12N4S/c1-10-3-2-5(4-10)8-9-6(7)11/h2-4H2,1H3,(H3,7,9,11). The van der Waals surface area contributed by atoms with E-state index in [2.05, 4.69) is 34.7 Å². The number of hydrogen-bond acceptors (Lipinski definition) is 3. The fraction of sp³-hybridized carbons (Fsp3) is 0.667. The van der Waals surface area contributed by atoms with E-state index in [9.17, 15) is 0 Å². The van der Waals surface area contributed by atoms with Gasteiger partial charge in [-0.15, -0.1) is 0 Å². The summed E-state index contributed by atoms with van der Waals surface area (Å²) in [6.07, 6.45) is 1.01. The largest absolute Gasteiger partial charge is 0.375 e. The van der Waals surface area contributed by atoms with Crippen molar-refractivity contribution in [2.24, 2.45) is 10.8 Å². The van der Waals surface area contributed by atoms with E-state index in [1.807, 2.05) is 0 Å². The van der Waals surface area contributed by atoms with E-state index in [0.29, 0.717) is 0 Å². The van der Waals surface area contributed by atoms with E-state index in [4.69, 9.17) is 5.73 Å². The Morgan fingerprint density at radius 2 is 2.55 bits per heavy atom. The van der Waals surface area contributed by atoms with Crippen molar-refractivity contribution >= 4 is 23.0 Å². The molecule has 0 atom stereocenters. The molecule has 1 rings (SSSR count). The predicted molar refractivity (Wildman–Crippen MR) is 49.5 cm³/mol. The van der Waals surface area contributed by atoms with E-state index >= 15 is 0 Å². The van der Waals surface area contributed by atoms with Crippen molar-refractivity contribution in [1.82, 2.24) is 10.3 Å². The molecule has 62 valence electrons. The smallest absolute Gasteiger partial charge is 0.184 e. The fourth-order valence-electron chi connectivity index (χ4n) is 1.02. The summed E-state index contributed by atoms with van der Waals surface area (Å²) in [4.78, 5) is 2.19. The summed E-state index contributed by atoms with van der Waals surface area (Å²) < 4.78 is 0. The lowest BCUT2D eigenvalue weighted by Gasteiger charge is -2.02. The number of nitrogens with one attached hydrogen (secondary N) is 1. The van der Waals surface area contributed by atoms with Crippen LogP contribution < -0.4 is 11.2 Å². The van der Waals surface area contributed by atoms with Gasteiger partial charge in [0.2, 0.25) is 0 Å². The van der Waals surface area contributed by atoms with Crippen molar-refractivity contribution < 1.29 is 0 Å². The SMILES string of the molecule is CN1CCC(=NNC(N)=S)C1. The quantitative estimate of drug-likeness (QED) is 0.414. The van der Waals surface area contributed by atoms with Gasteiger partial charge in [0.15, 0.2) is 5.11 Å². The van der Waals surface area contributed by atoms with Gasteiger partial charge in [-0.2, -0.15) is 5.10 Å². The molecule has 0 saturated carbocycles. The molecule has 1 aliphatic heterocycles. The van der Waals surface area contributed by atoms with Gasteiger partial charge in [-0.1, -0.05) is 0 Å². The molecule has 0 spiro atoms. The minimum Gasteiger partial charge on any atom is -0.375 e. The van der Waals surface area contributed by atoms with Crippen molar-refractivity contribution in [2.75, 3.05) is 20.1 Å². The average molecular weight is 172 g/mol. The summed E-state index contributed by atoms with van der Waals surface area (Å²) in [6.45, 7) is 1.98. The van der Waals surface area contributed by atoms with Crippen LogP contribution in [0, 0.1) is 0 Å². The van der Waals surface area contributed by atoms with Crippen LogP contribution in [0.15, 0.2) is 5.10 Å². The Kier molecular flexibility index (Phi) is 2.78. The number of nitrogens with two attached hydrogens (primary N) is 1. The van der Waals surface area contributed by atoms with E-state index in [1.165, 1.54) is 0 Å². The molecule has 0 amide bonds. The van der Waals surface area contributed by atoms with Crippen LogP contribution in [0.4, 0.5) is 0 Å². The van der Waals surface area contributed by atoms with Crippen molar-refractivity contribution in [2.45, 2.75) is 6.42 Å². The number of hydrogen-bond donors (Lipinski definition) is 2. The molecule has 5 heteroatoms. The third-order valence-electron chi connectivity index (χ3n) is 1.56. The first-order valence-electron chi connectivity index (χ1n) is 3.48. The summed E-state index contributed by atoms with van der Waals surface area (Å²) in [6, 6.07) is 0. The monoisotopic (exact) mass is 172 g/mol. The molecule has 1 aliphatic rings. The van der Waals surface area contributed by atoms with Crippen LogP contribution in [0.5, 0.6) is 0 Å². The molecule has 4 nitrogen and oxygen atoms in total. The topological polar surface area (TPSA) is 53.6 Å². The van der Waals surface area contributed by atoms with Gasteiger partial charge in [-0.3, -0.25) is 5.43 Å². The van der Waals surface area contributed by atoms with Crippen LogP contribution >= 0.6 is 12.2 Å². The van der Waals surface area contributed by atoms with Gasteiger partial charge >= 0.3 is 0 Å². The Labute approximate surface area is 71.4 Å². The summed E-state index contributed by atoms with van der Waals surface area (Å²) in [5.74, 6) is 0. The van der Waals surface area contributed by atoms with Crippen LogP contribution in [0.3, 0.4) is 0 Å². The summed E-state index contributed by atoms with van der Waals surface area (Å²) in [7, 11) is 2.06. The van der Waals surface area contributed by atoms with E-state index in [0.717, 1.165) is 25.2 Å². The lowest BCUT2D eigenvalue weighted by molar-refractivity contribution is 0.428. The van der Waals surface area contributed by atoms with Gasteiger partial charge < -0.3 is 10.6 Å². The van der Waals surface area contributed by atoms with Crippen molar-refractivity contribution in [3.63, 3.8) is 0 Å². The van der Waals surface area contributed by atoms with Crippen LogP contribution in [0.1, 0.15) is 6.42 Å². The van der Waals surface area contributed by atoms with Crippen LogP contribution in [0.2, 0.25) is 0 Å². The Morgan fingerprint density at radius 1 is 1.82 bits per heavy atom. The van der Waals surface area contributed by atoms with Crippen molar-refractivity contribution in [1.29, 1.82) is 0 Å². The molecule has 0 aliphatic carbocycles. The van der Waals surface area contributed by atoms with Crippen molar-refractivity contribution in [3.8, 4) is 0 Å². The number of hydrazone groups is 1. The highest BCUT2D eigenvalue weighted by Gasteiger charge is 2.12. The van der Waals surface area contributed by atoms with Gasteiger partial charge in [0, 0.05) is 19.5 Å². The Balaban J connectivity index is 2.36. The number of nitrogens with zero attached hydrogens (tertiary/aromatic N) is 2. The third kappa shape index (κ3) is 2.81. The first-order valence-corrected chi connectivity index (χ1v) is 3.89. The van der Waals surface area contributed by atoms with Crippen molar-refractivity contribution in [3.05, 3.63) is 0 Å². The third-order valence-corrected chi connectivity index (χ3v) is 1.65. The maximum Gasteiger partial charge on any atom is 0.184 e. The predicted octanol–water partition coefficient (Wildman–Crippen LogP) is -0.489. The minimum atomic E-state index is 0.229. The van der Waals surface area contributed by atoms with Gasteiger partial charge in [-0.25, -0.2) is 0 Å². The molecule has 3 N–H and O–H groups in total. The highest BCUT2D eigenvalue weighted by molar-refractivity contribution is 7.80. The second kappa shape index (κ2) is 3.64. The lowest BCUT2D eigenvalue weighted by Crippen LogP contribution is -2.26. The minimum absolute atomic E-state index is 0.229. The molecule has 1 heterocycles.